The van der Waals surface area contributed by atoms with Gasteiger partial charge in [0.2, 0.25) is 5.91 Å². The highest BCUT2D eigenvalue weighted by atomic mass is 32.3. The maximum atomic E-state index is 12.6. The average Bonchev–Trinajstić information content (AvgIpc) is 2.77. The summed E-state index contributed by atoms with van der Waals surface area (Å²) in [5, 5.41) is 6.90. The topological polar surface area (TPSA) is 166 Å². The molecule has 0 aromatic rings. The zero-order valence-electron chi connectivity index (χ0n) is 19.5. The molecule has 0 aromatic heterocycles. The molecule has 4 N–H and O–H groups in total. The monoisotopic (exact) mass is 492 g/mol. The van der Waals surface area contributed by atoms with Gasteiger partial charge >= 0.3 is 22.4 Å². The lowest BCUT2D eigenvalue weighted by Gasteiger charge is -2.34. The normalized spacial score (nSPS) is 22.4. The Morgan fingerprint density at radius 2 is 1.70 bits per heavy atom. The van der Waals surface area contributed by atoms with Crippen LogP contribution in [-0.4, -0.2) is 69.8 Å². The first-order valence-corrected chi connectivity index (χ1v) is 12.6. The van der Waals surface area contributed by atoms with Crippen LogP contribution >= 0.6 is 0 Å². The highest BCUT2D eigenvalue weighted by molar-refractivity contribution is 7.81. The molecule has 0 aromatic carbocycles. The summed E-state index contributed by atoms with van der Waals surface area (Å²) in [4.78, 5) is 36.4. The Morgan fingerprint density at radius 3 is 2.24 bits per heavy atom. The minimum absolute atomic E-state index is 0.0240. The summed E-state index contributed by atoms with van der Waals surface area (Å²) in [7, 11) is -4.67. The summed E-state index contributed by atoms with van der Waals surface area (Å²) in [6.45, 7) is 5.90. The van der Waals surface area contributed by atoms with Crippen LogP contribution < -0.4 is 16.4 Å². The van der Waals surface area contributed by atoms with Crippen molar-refractivity contribution in [1.82, 2.24) is 15.7 Å². The van der Waals surface area contributed by atoms with Gasteiger partial charge in [-0.05, 0) is 72.4 Å². The maximum Gasteiger partial charge on any atom is 0.421 e. The smallest absolute Gasteiger partial charge is 0.421 e. The molecule has 190 valence electrons. The summed E-state index contributed by atoms with van der Waals surface area (Å²) >= 11 is 0. The van der Waals surface area contributed by atoms with E-state index in [1.54, 1.807) is 6.92 Å². The number of hydrogen-bond acceptors (Lipinski definition) is 9. The molecule has 0 spiro atoms. The molecule has 1 saturated heterocycles. The van der Waals surface area contributed by atoms with Crippen LogP contribution in [0.2, 0.25) is 0 Å². The number of nitrogens with two attached hydrogens (primary N) is 1. The molecule has 1 saturated carbocycles. The van der Waals surface area contributed by atoms with Crippen molar-refractivity contribution in [1.29, 1.82) is 0 Å². The predicted octanol–water partition coefficient (Wildman–Crippen LogP) is 0.576. The van der Waals surface area contributed by atoms with Gasteiger partial charge in [0.15, 0.2) is 0 Å². The average molecular weight is 493 g/mol. The summed E-state index contributed by atoms with van der Waals surface area (Å²) in [6.07, 6.45) is 3.38. The zero-order valence-corrected chi connectivity index (χ0v) is 20.3. The van der Waals surface area contributed by atoms with Crippen LogP contribution in [0.25, 0.3) is 0 Å². The Morgan fingerprint density at radius 1 is 1.09 bits per heavy atom. The van der Waals surface area contributed by atoms with E-state index in [4.69, 9.17) is 18.9 Å². The first-order chi connectivity index (χ1) is 15.4. The molecular weight excluding hydrogens is 456 g/mol. The fraction of sp³-hybridized carbons (Fsp3) is 0.850. The van der Waals surface area contributed by atoms with Gasteiger partial charge in [0.05, 0.1) is 24.7 Å². The van der Waals surface area contributed by atoms with Gasteiger partial charge in [0, 0.05) is 12.0 Å². The van der Waals surface area contributed by atoms with Crippen LogP contribution in [0.1, 0.15) is 59.3 Å². The Hall–Kier alpha value is -1.96. The highest BCUT2D eigenvalue weighted by Crippen LogP contribution is 2.29. The van der Waals surface area contributed by atoms with Crippen molar-refractivity contribution in [2.75, 3.05) is 26.3 Å². The van der Waals surface area contributed by atoms with Crippen molar-refractivity contribution in [3.63, 3.8) is 0 Å². The number of ether oxygens (including phenoxy) is 1. The Bertz CT molecular complexity index is 790. The summed E-state index contributed by atoms with van der Waals surface area (Å²) in [6, 6.07) is -1.56. The molecule has 1 heterocycles. The van der Waals surface area contributed by atoms with Crippen molar-refractivity contribution in [3.05, 3.63) is 0 Å². The molecule has 13 heteroatoms. The largest absolute Gasteiger partial charge is 0.466 e. The Labute approximate surface area is 195 Å². The van der Waals surface area contributed by atoms with Crippen molar-refractivity contribution < 1.29 is 36.0 Å². The Balaban J connectivity index is 1.88. The van der Waals surface area contributed by atoms with Gasteiger partial charge in [-0.1, -0.05) is 0 Å². The number of carbonyl (C=O) groups excluding carboxylic acids is 3. The van der Waals surface area contributed by atoms with Crippen LogP contribution in [-0.2, 0) is 33.2 Å². The molecule has 0 atom stereocenters. The minimum atomic E-state index is -4.67. The Kier molecular flexibility index (Phi) is 9.88. The number of carbonyl (C=O) groups is 3. The van der Waals surface area contributed by atoms with E-state index in [-0.39, 0.29) is 24.5 Å². The molecule has 0 radical (unpaired) electrons. The first-order valence-electron chi connectivity index (χ1n) is 11.3. The highest BCUT2D eigenvalue weighted by Gasteiger charge is 2.37. The number of nitrogens with zero attached hydrogens (tertiary/aromatic N) is 1. The second-order valence-corrected chi connectivity index (χ2v) is 10.3. The minimum Gasteiger partial charge on any atom is -0.466 e. The lowest BCUT2D eigenvalue weighted by molar-refractivity contribution is -0.155. The summed E-state index contributed by atoms with van der Waals surface area (Å²) in [5.41, 5.74) is 4.10. The van der Waals surface area contributed by atoms with Crippen LogP contribution in [0.5, 0.6) is 0 Å². The van der Waals surface area contributed by atoms with E-state index in [0.717, 1.165) is 25.9 Å². The van der Waals surface area contributed by atoms with Crippen molar-refractivity contribution in [3.8, 4) is 0 Å². The number of piperidine rings is 1. The first kappa shape index (κ1) is 27.3. The molecule has 2 rings (SSSR count). The van der Waals surface area contributed by atoms with Crippen molar-refractivity contribution >= 4 is 28.3 Å². The van der Waals surface area contributed by atoms with Crippen LogP contribution in [0.15, 0.2) is 0 Å². The molecular formula is C20H36N4O8S. The third-order valence-corrected chi connectivity index (χ3v) is 6.62. The van der Waals surface area contributed by atoms with E-state index in [1.165, 1.54) is 13.8 Å². The van der Waals surface area contributed by atoms with E-state index in [0.29, 0.717) is 30.7 Å². The number of urea groups is 1. The number of hydroxylamine groups is 2. The third kappa shape index (κ3) is 8.40. The number of amides is 3. The number of rotatable bonds is 10. The molecule has 12 nitrogen and oxygen atoms in total. The molecule has 1 aliphatic heterocycles. The number of nitrogens with one attached hydrogen (secondary N) is 2. The van der Waals surface area contributed by atoms with E-state index < -0.39 is 40.5 Å². The van der Waals surface area contributed by atoms with Crippen molar-refractivity contribution in [2.24, 2.45) is 17.1 Å². The molecule has 3 amide bonds. The van der Waals surface area contributed by atoms with Gasteiger partial charge in [-0.3, -0.25) is 9.59 Å². The molecule has 33 heavy (non-hydrogen) atoms. The van der Waals surface area contributed by atoms with Crippen LogP contribution in [0, 0.1) is 11.3 Å². The van der Waals surface area contributed by atoms with Gasteiger partial charge < -0.3 is 21.1 Å². The number of hydrogen-bond donors (Lipinski definition) is 3. The molecule has 0 bridgehead atoms. The second kappa shape index (κ2) is 12.0. The zero-order chi connectivity index (χ0) is 24.6. The molecule has 0 unspecified atom stereocenters. The lowest BCUT2D eigenvalue weighted by Crippen LogP contribution is -2.49. The fourth-order valence-corrected chi connectivity index (χ4v) is 4.73. The van der Waals surface area contributed by atoms with Crippen LogP contribution in [0.3, 0.4) is 0 Å². The number of esters is 1. The quantitative estimate of drug-likeness (QED) is 0.292. The van der Waals surface area contributed by atoms with E-state index in [2.05, 4.69) is 10.6 Å². The van der Waals surface area contributed by atoms with E-state index >= 15 is 0 Å². The lowest BCUT2D eigenvalue weighted by atomic mass is 9.85. The third-order valence-electron chi connectivity index (χ3n) is 5.87. The van der Waals surface area contributed by atoms with Crippen molar-refractivity contribution in [2.45, 2.75) is 71.4 Å². The predicted molar refractivity (Wildman–Crippen MR) is 118 cm³/mol. The second-order valence-electron chi connectivity index (χ2n) is 9.05. The van der Waals surface area contributed by atoms with Crippen LogP contribution in [0.4, 0.5) is 4.79 Å². The standard InChI is InChI=1S/C20H36N4O8S/c1-4-30-18(26)20(2,3)13-31-33(28,29)32-24(19(21)27)16-7-5-14(6-8-16)17(25)23-15-9-11-22-12-10-15/h14-16,22H,4-13H2,1-3H3,(H2,21,27)(H,23,25)/t14-,16-. The fourth-order valence-electron chi connectivity index (χ4n) is 3.86. The van der Waals surface area contributed by atoms with E-state index in [9.17, 15) is 22.8 Å². The van der Waals surface area contributed by atoms with Gasteiger partial charge in [-0.2, -0.15) is 13.5 Å². The number of primary amides is 1. The summed E-state index contributed by atoms with van der Waals surface area (Å²) < 4.78 is 39.1. The molecule has 1 aliphatic carbocycles. The van der Waals surface area contributed by atoms with Gasteiger partial charge in [-0.15, -0.1) is 4.28 Å². The van der Waals surface area contributed by atoms with Gasteiger partial charge in [0.25, 0.3) is 0 Å². The van der Waals surface area contributed by atoms with Gasteiger partial charge in [0.1, 0.15) is 0 Å². The molecule has 2 aliphatic rings. The van der Waals surface area contributed by atoms with Gasteiger partial charge in [-0.25, -0.2) is 8.98 Å². The SMILES string of the molecule is CCOC(=O)C(C)(C)COS(=O)(=O)ON(C(N)=O)[C@H]1CC[C@H](C(=O)NC2CCNCC2)CC1. The maximum absolute atomic E-state index is 12.6. The molecule has 2 fully saturated rings. The summed E-state index contributed by atoms with van der Waals surface area (Å²) in [5.74, 6) is -0.874. The van der Waals surface area contributed by atoms with E-state index in [1.807, 2.05) is 0 Å².